The summed E-state index contributed by atoms with van der Waals surface area (Å²) in [6.45, 7) is 4.91. The van der Waals surface area contributed by atoms with Crippen LogP contribution in [-0.4, -0.2) is 41.2 Å². The second-order valence-electron chi connectivity index (χ2n) is 5.45. The number of likely N-dealkylation sites (N-methyl/N-ethyl adjacent to an activating group) is 1. The largest absolute Gasteiger partial charge is 0.334 e. The first-order valence-corrected chi connectivity index (χ1v) is 7.03. The van der Waals surface area contributed by atoms with E-state index in [4.69, 9.17) is 4.52 Å². The van der Waals surface area contributed by atoms with Crippen molar-refractivity contribution in [3.63, 3.8) is 0 Å². The Labute approximate surface area is 119 Å². The monoisotopic (exact) mass is 272 g/mol. The van der Waals surface area contributed by atoms with Gasteiger partial charge in [-0.05, 0) is 39.1 Å². The van der Waals surface area contributed by atoms with Gasteiger partial charge < -0.3 is 9.84 Å². The maximum Gasteiger partial charge on any atom is 0.257 e. The van der Waals surface area contributed by atoms with E-state index >= 15 is 0 Å². The van der Waals surface area contributed by atoms with E-state index in [0.717, 1.165) is 31.0 Å². The van der Waals surface area contributed by atoms with Crippen LogP contribution in [0.4, 0.5) is 0 Å². The molecule has 1 N–H and O–H groups in total. The molecule has 20 heavy (non-hydrogen) atoms. The standard InChI is InChI=1S/C15H20N4O/c1-11-4-3-5-12(8-11)15-17-14(18-20-15)10-19(2)13-6-7-16-9-13/h3-5,8,13,16H,6-7,9-10H2,1-2H3. The van der Waals surface area contributed by atoms with Gasteiger partial charge in [0, 0.05) is 18.2 Å². The fourth-order valence-corrected chi connectivity index (χ4v) is 2.58. The van der Waals surface area contributed by atoms with Gasteiger partial charge in [0.15, 0.2) is 5.82 Å². The molecule has 5 heteroatoms. The lowest BCUT2D eigenvalue weighted by molar-refractivity contribution is 0.239. The first-order chi connectivity index (χ1) is 9.72. The molecule has 1 aliphatic heterocycles. The Morgan fingerprint density at radius 1 is 1.45 bits per heavy atom. The van der Waals surface area contributed by atoms with Crippen LogP contribution in [0.3, 0.4) is 0 Å². The summed E-state index contributed by atoms with van der Waals surface area (Å²) in [5.41, 5.74) is 2.17. The van der Waals surface area contributed by atoms with Gasteiger partial charge in [-0.1, -0.05) is 22.9 Å². The molecule has 5 nitrogen and oxygen atoms in total. The Morgan fingerprint density at radius 3 is 3.10 bits per heavy atom. The summed E-state index contributed by atoms with van der Waals surface area (Å²) >= 11 is 0. The highest BCUT2D eigenvalue weighted by Crippen LogP contribution is 2.19. The molecule has 106 valence electrons. The summed E-state index contributed by atoms with van der Waals surface area (Å²) < 4.78 is 5.37. The lowest BCUT2D eigenvalue weighted by Crippen LogP contribution is -2.33. The molecule has 1 unspecified atom stereocenters. The van der Waals surface area contributed by atoms with Crippen LogP contribution in [0, 0.1) is 6.92 Å². The first kappa shape index (κ1) is 13.3. The van der Waals surface area contributed by atoms with E-state index < -0.39 is 0 Å². The maximum absolute atomic E-state index is 5.37. The smallest absolute Gasteiger partial charge is 0.257 e. The number of benzene rings is 1. The molecule has 0 amide bonds. The van der Waals surface area contributed by atoms with Crippen molar-refractivity contribution in [2.24, 2.45) is 0 Å². The van der Waals surface area contributed by atoms with Gasteiger partial charge >= 0.3 is 0 Å². The highest BCUT2D eigenvalue weighted by Gasteiger charge is 2.20. The highest BCUT2D eigenvalue weighted by atomic mass is 16.5. The molecule has 0 bridgehead atoms. The fourth-order valence-electron chi connectivity index (χ4n) is 2.58. The van der Waals surface area contributed by atoms with Gasteiger partial charge in [0.2, 0.25) is 0 Å². The third kappa shape index (κ3) is 2.89. The molecule has 3 rings (SSSR count). The topological polar surface area (TPSA) is 54.2 Å². The number of aromatic nitrogens is 2. The number of nitrogens with zero attached hydrogens (tertiary/aromatic N) is 3. The first-order valence-electron chi connectivity index (χ1n) is 7.03. The van der Waals surface area contributed by atoms with Crippen LogP contribution < -0.4 is 5.32 Å². The molecule has 2 aromatic rings. The van der Waals surface area contributed by atoms with E-state index in [1.54, 1.807) is 0 Å². The van der Waals surface area contributed by atoms with E-state index in [1.807, 2.05) is 12.1 Å². The molecular formula is C15H20N4O. The van der Waals surface area contributed by atoms with Crippen molar-refractivity contribution in [2.45, 2.75) is 25.9 Å². The van der Waals surface area contributed by atoms with Crippen molar-refractivity contribution in [1.82, 2.24) is 20.4 Å². The van der Waals surface area contributed by atoms with Gasteiger partial charge in [0.1, 0.15) is 0 Å². The Kier molecular flexibility index (Phi) is 3.80. The van der Waals surface area contributed by atoms with Crippen molar-refractivity contribution in [1.29, 1.82) is 0 Å². The second kappa shape index (κ2) is 5.73. The van der Waals surface area contributed by atoms with Crippen LogP contribution in [0.15, 0.2) is 28.8 Å². The molecular weight excluding hydrogens is 252 g/mol. The summed E-state index contributed by atoms with van der Waals surface area (Å²) in [5.74, 6) is 1.34. The van der Waals surface area contributed by atoms with Gasteiger partial charge in [-0.15, -0.1) is 0 Å². The molecule has 0 aliphatic carbocycles. The Hall–Kier alpha value is -1.72. The quantitative estimate of drug-likeness (QED) is 0.920. The molecule has 1 aliphatic rings. The van der Waals surface area contributed by atoms with Crippen molar-refractivity contribution in [2.75, 3.05) is 20.1 Å². The molecule has 1 atom stereocenters. The number of hydrogen-bond acceptors (Lipinski definition) is 5. The second-order valence-corrected chi connectivity index (χ2v) is 5.45. The predicted octanol–water partition coefficient (Wildman–Crippen LogP) is 1.84. The van der Waals surface area contributed by atoms with Gasteiger partial charge in [-0.25, -0.2) is 0 Å². The lowest BCUT2D eigenvalue weighted by Gasteiger charge is -2.21. The number of rotatable bonds is 4. The normalized spacial score (nSPS) is 18.9. The summed E-state index contributed by atoms with van der Waals surface area (Å²) in [7, 11) is 2.11. The van der Waals surface area contributed by atoms with Crippen LogP contribution in [-0.2, 0) is 6.54 Å². The third-order valence-electron chi connectivity index (χ3n) is 3.78. The zero-order valence-corrected chi connectivity index (χ0v) is 12.0. The molecule has 0 saturated carbocycles. The van der Waals surface area contributed by atoms with Gasteiger partial charge in [0.05, 0.1) is 6.54 Å². The number of aryl methyl sites for hydroxylation is 1. The van der Waals surface area contributed by atoms with Gasteiger partial charge in [-0.3, -0.25) is 4.90 Å². The molecule has 1 aromatic carbocycles. The van der Waals surface area contributed by atoms with Crippen LogP contribution in [0.1, 0.15) is 17.8 Å². The van der Waals surface area contributed by atoms with Gasteiger partial charge in [0.25, 0.3) is 5.89 Å². The SMILES string of the molecule is Cc1cccc(-c2nc(CN(C)C3CCNC3)no2)c1. The molecule has 0 radical (unpaired) electrons. The fraction of sp³-hybridized carbons (Fsp3) is 0.467. The average Bonchev–Trinajstić information content (AvgIpc) is 3.10. The van der Waals surface area contributed by atoms with Crippen LogP contribution in [0.5, 0.6) is 0 Å². The van der Waals surface area contributed by atoms with E-state index in [-0.39, 0.29) is 0 Å². The summed E-state index contributed by atoms with van der Waals surface area (Å²) in [6.07, 6.45) is 1.18. The molecule has 1 aromatic heterocycles. The minimum atomic E-state index is 0.566. The van der Waals surface area contributed by atoms with Crippen LogP contribution in [0.25, 0.3) is 11.5 Å². The predicted molar refractivity (Wildman–Crippen MR) is 77.2 cm³/mol. The van der Waals surface area contributed by atoms with Crippen molar-refractivity contribution in [3.05, 3.63) is 35.7 Å². The van der Waals surface area contributed by atoms with E-state index in [0.29, 0.717) is 11.9 Å². The van der Waals surface area contributed by atoms with Gasteiger partial charge in [-0.2, -0.15) is 4.98 Å². The summed E-state index contributed by atoms with van der Waals surface area (Å²) in [4.78, 5) is 6.78. The van der Waals surface area contributed by atoms with E-state index in [1.165, 1.54) is 12.0 Å². The molecule has 1 saturated heterocycles. The number of nitrogens with one attached hydrogen (secondary N) is 1. The zero-order chi connectivity index (χ0) is 13.9. The highest BCUT2D eigenvalue weighted by molar-refractivity contribution is 5.53. The van der Waals surface area contributed by atoms with E-state index in [9.17, 15) is 0 Å². The summed E-state index contributed by atoms with van der Waals surface area (Å²) in [6, 6.07) is 8.68. The molecule has 1 fully saturated rings. The number of hydrogen-bond donors (Lipinski definition) is 1. The van der Waals surface area contributed by atoms with Crippen molar-refractivity contribution in [3.8, 4) is 11.5 Å². The molecule has 2 heterocycles. The third-order valence-corrected chi connectivity index (χ3v) is 3.78. The van der Waals surface area contributed by atoms with Crippen LogP contribution in [0.2, 0.25) is 0 Å². The lowest BCUT2D eigenvalue weighted by atomic mass is 10.1. The molecule has 0 spiro atoms. The average molecular weight is 272 g/mol. The van der Waals surface area contributed by atoms with E-state index in [2.05, 4.69) is 46.5 Å². The Bertz CT molecular complexity index is 575. The minimum Gasteiger partial charge on any atom is -0.334 e. The minimum absolute atomic E-state index is 0.566. The summed E-state index contributed by atoms with van der Waals surface area (Å²) in [5, 5.41) is 7.46. The van der Waals surface area contributed by atoms with Crippen molar-refractivity contribution < 1.29 is 4.52 Å². The van der Waals surface area contributed by atoms with Crippen LogP contribution >= 0.6 is 0 Å². The maximum atomic E-state index is 5.37. The zero-order valence-electron chi connectivity index (χ0n) is 12.0. The Morgan fingerprint density at radius 2 is 2.35 bits per heavy atom. The van der Waals surface area contributed by atoms with Crippen molar-refractivity contribution >= 4 is 0 Å². The Balaban J connectivity index is 1.70.